The van der Waals surface area contributed by atoms with Crippen LogP contribution in [-0.2, 0) is 0 Å². The number of fused-ring (bicyclic) bond motifs is 1. The highest BCUT2D eigenvalue weighted by atomic mass is 16.6. The Morgan fingerprint density at radius 1 is 1.06 bits per heavy atom. The molecule has 3 rings (SSSR count). The summed E-state index contributed by atoms with van der Waals surface area (Å²) in [6.45, 7) is 0. The molecule has 0 bridgehead atoms. The lowest BCUT2D eigenvalue weighted by Crippen LogP contribution is -2.27. The highest BCUT2D eigenvalue weighted by molar-refractivity contribution is 5.61. The van der Waals surface area contributed by atoms with Crippen molar-refractivity contribution in [1.29, 1.82) is 0 Å². The quantitative estimate of drug-likeness (QED) is 0.774. The first-order valence-electron chi connectivity index (χ1n) is 6.17. The van der Waals surface area contributed by atoms with E-state index in [4.69, 9.17) is 4.84 Å². The van der Waals surface area contributed by atoms with E-state index in [0.29, 0.717) is 5.92 Å². The Hall–Kier alpha value is -1.44. The van der Waals surface area contributed by atoms with Gasteiger partial charge in [0.05, 0.1) is 5.70 Å². The zero-order chi connectivity index (χ0) is 10.8. The summed E-state index contributed by atoms with van der Waals surface area (Å²) in [5, 5.41) is 0. The molecule has 0 spiro atoms. The number of para-hydroxylation sites is 1. The smallest absolute Gasteiger partial charge is 0.162 e. The van der Waals surface area contributed by atoms with Crippen LogP contribution >= 0.6 is 0 Å². The standard InChI is InChI=1S/C14H17NO/c1-2-6-11(7-3-1)13-10-12-8-4-5-9-14(12)16-15-13/h4-5,8-11,15H,1-3,6-7H2. The Morgan fingerprint density at radius 3 is 2.75 bits per heavy atom. The Bertz CT molecular complexity index is 405. The zero-order valence-electron chi connectivity index (χ0n) is 9.41. The van der Waals surface area contributed by atoms with Gasteiger partial charge in [0.15, 0.2) is 5.75 Å². The summed E-state index contributed by atoms with van der Waals surface area (Å²) >= 11 is 0. The minimum Gasteiger partial charge on any atom is -0.382 e. The van der Waals surface area contributed by atoms with Crippen LogP contribution in [0.5, 0.6) is 5.75 Å². The molecule has 1 aliphatic heterocycles. The van der Waals surface area contributed by atoms with Crippen molar-refractivity contribution in [3.05, 3.63) is 35.5 Å². The number of benzene rings is 1. The van der Waals surface area contributed by atoms with Gasteiger partial charge in [0.1, 0.15) is 0 Å². The molecule has 1 aromatic carbocycles. The van der Waals surface area contributed by atoms with Crippen LogP contribution in [-0.4, -0.2) is 0 Å². The maximum atomic E-state index is 5.57. The minimum absolute atomic E-state index is 0.669. The van der Waals surface area contributed by atoms with Crippen molar-refractivity contribution in [1.82, 2.24) is 5.48 Å². The van der Waals surface area contributed by atoms with Crippen LogP contribution in [0.4, 0.5) is 0 Å². The molecule has 1 fully saturated rings. The third kappa shape index (κ3) is 1.80. The molecule has 0 unspecified atom stereocenters. The lowest BCUT2D eigenvalue weighted by Gasteiger charge is -2.28. The molecule has 84 valence electrons. The van der Waals surface area contributed by atoms with Crippen LogP contribution in [0, 0.1) is 5.92 Å². The molecular formula is C14H17NO. The van der Waals surface area contributed by atoms with Gasteiger partial charge in [-0.15, -0.1) is 0 Å². The van der Waals surface area contributed by atoms with Gasteiger partial charge >= 0.3 is 0 Å². The van der Waals surface area contributed by atoms with Crippen LogP contribution in [0.2, 0.25) is 0 Å². The number of nitrogens with one attached hydrogen (secondary N) is 1. The van der Waals surface area contributed by atoms with Gasteiger partial charge in [0.25, 0.3) is 0 Å². The van der Waals surface area contributed by atoms with Gasteiger partial charge in [-0.05, 0) is 25.0 Å². The molecule has 0 atom stereocenters. The maximum absolute atomic E-state index is 5.57. The highest BCUT2D eigenvalue weighted by Gasteiger charge is 2.21. The summed E-state index contributed by atoms with van der Waals surface area (Å²) in [5.41, 5.74) is 5.56. The number of hydrogen-bond acceptors (Lipinski definition) is 2. The molecule has 0 aromatic heterocycles. The normalized spacial score (nSPS) is 20.4. The predicted molar refractivity (Wildman–Crippen MR) is 64.8 cm³/mol. The summed E-state index contributed by atoms with van der Waals surface area (Å²) in [5.74, 6) is 1.60. The van der Waals surface area contributed by atoms with Crippen LogP contribution in [0.3, 0.4) is 0 Å². The summed E-state index contributed by atoms with van der Waals surface area (Å²) in [7, 11) is 0. The molecule has 1 N–H and O–H groups in total. The number of hydrogen-bond donors (Lipinski definition) is 1. The summed E-state index contributed by atoms with van der Waals surface area (Å²) in [4.78, 5) is 5.57. The fourth-order valence-corrected chi connectivity index (χ4v) is 2.62. The molecule has 1 saturated carbocycles. The number of hydroxylamine groups is 1. The van der Waals surface area contributed by atoms with Crippen molar-refractivity contribution in [2.45, 2.75) is 32.1 Å². The summed E-state index contributed by atoms with van der Waals surface area (Å²) in [6, 6.07) is 8.16. The van der Waals surface area contributed by atoms with E-state index in [9.17, 15) is 0 Å². The molecule has 1 heterocycles. The molecule has 0 radical (unpaired) electrons. The SMILES string of the molecule is C1=C(C2CCCCC2)NOc2ccccc21. The minimum atomic E-state index is 0.669. The van der Waals surface area contributed by atoms with E-state index < -0.39 is 0 Å². The molecular weight excluding hydrogens is 198 g/mol. The van der Waals surface area contributed by atoms with Gasteiger partial charge in [0.2, 0.25) is 0 Å². The largest absolute Gasteiger partial charge is 0.382 e. The van der Waals surface area contributed by atoms with Crippen molar-refractivity contribution in [2.24, 2.45) is 5.92 Å². The van der Waals surface area contributed by atoms with Crippen molar-refractivity contribution in [3.8, 4) is 5.75 Å². The molecule has 0 saturated heterocycles. The van der Waals surface area contributed by atoms with Gasteiger partial charge in [-0.2, -0.15) is 0 Å². The first kappa shape index (κ1) is 9.76. The van der Waals surface area contributed by atoms with Crippen molar-refractivity contribution in [2.75, 3.05) is 0 Å². The molecule has 0 amide bonds. The van der Waals surface area contributed by atoms with Crippen LogP contribution in [0.25, 0.3) is 6.08 Å². The fourth-order valence-electron chi connectivity index (χ4n) is 2.62. The zero-order valence-corrected chi connectivity index (χ0v) is 9.41. The van der Waals surface area contributed by atoms with E-state index in [1.807, 2.05) is 12.1 Å². The fraction of sp³-hybridized carbons (Fsp3) is 0.429. The molecule has 1 aliphatic carbocycles. The van der Waals surface area contributed by atoms with Gasteiger partial charge < -0.3 is 4.84 Å². The lowest BCUT2D eigenvalue weighted by atomic mass is 9.86. The maximum Gasteiger partial charge on any atom is 0.162 e. The highest BCUT2D eigenvalue weighted by Crippen LogP contribution is 2.33. The average molecular weight is 215 g/mol. The second-order valence-electron chi connectivity index (χ2n) is 4.68. The van der Waals surface area contributed by atoms with E-state index in [-0.39, 0.29) is 0 Å². The second kappa shape index (κ2) is 4.20. The van der Waals surface area contributed by atoms with E-state index in [0.717, 1.165) is 5.75 Å². The summed E-state index contributed by atoms with van der Waals surface area (Å²) < 4.78 is 0. The van der Waals surface area contributed by atoms with Gasteiger partial charge in [-0.3, -0.25) is 0 Å². The third-order valence-electron chi connectivity index (χ3n) is 3.55. The molecule has 16 heavy (non-hydrogen) atoms. The van der Waals surface area contributed by atoms with E-state index in [2.05, 4.69) is 23.7 Å². The van der Waals surface area contributed by atoms with E-state index in [1.165, 1.54) is 43.4 Å². The van der Waals surface area contributed by atoms with Gasteiger partial charge in [-0.25, -0.2) is 5.48 Å². The van der Waals surface area contributed by atoms with Crippen LogP contribution in [0.1, 0.15) is 37.7 Å². The first-order chi connectivity index (χ1) is 7.93. The van der Waals surface area contributed by atoms with Crippen molar-refractivity contribution < 1.29 is 4.84 Å². The van der Waals surface area contributed by atoms with E-state index in [1.54, 1.807) is 0 Å². The Kier molecular flexibility index (Phi) is 2.56. The Morgan fingerprint density at radius 2 is 1.88 bits per heavy atom. The average Bonchev–Trinajstić information content (AvgIpc) is 2.39. The number of rotatable bonds is 1. The van der Waals surface area contributed by atoms with E-state index >= 15 is 0 Å². The van der Waals surface area contributed by atoms with Gasteiger partial charge in [0, 0.05) is 11.5 Å². The van der Waals surface area contributed by atoms with Gasteiger partial charge in [-0.1, -0.05) is 37.5 Å². The number of allylic oxidation sites excluding steroid dienone is 1. The first-order valence-corrected chi connectivity index (χ1v) is 6.17. The van der Waals surface area contributed by atoms with Crippen LogP contribution in [0.15, 0.2) is 30.0 Å². The second-order valence-corrected chi connectivity index (χ2v) is 4.68. The summed E-state index contributed by atoms with van der Waals surface area (Å²) in [6.07, 6.45) is 8.93. The molecule has 2 heteroatoms. The lowest BCUT2D eigenvalue weighted by molar-refractivity contribution is 0.199. The Labute approximate surface area is 96.3 Å². The van der Waals surface area contributed by atoms with Crippen molar-refractivity contribution >= 4 is 6.08 Å². The monoisotopic (exact) mass is 215 g/mol. The predicted octanol–water partition coefficient (Wildman–Crippen LogP) is 3.50. The van der Waals surface area contributed by atoms with Crippen molar-refractivity contribution in [3.63, 3.8) is 0 Å². The molecule has 1 aromatic rings. The Balaban J connectivity index is 1.85. The molecule has 2 nitrogen and oxygen atoms in total. The third-order valence-corrected chi connectivity index (χ3v) is 3.55. The van der Waals surface area contributed by atoms with Crippen LogP contribution < -0.4 is 10.3 Å². The molecule has 2 aliphatic rings. The topological polar surface area (TPSA) is 21.3 Å².